The fourth-order valence-electron chi connectivity index (χ4n) is 2.70. The van der Waals surface area contributed by atoms with E-state index in [2.05, 4.69) is 47.3 Å². The van der Waals surface area contributed by atoms with Crippen molar-refractivity contribution >= 4 is 5.82 Å². The number of fused-ring (bicyclic) bond motifs is 1. The van der Waals surface area contributed by atoms with Crippen LogP contribution in [0.2, 0.25) is 0 Å². The maximum absolute atomic E-state index is 5.80. The van der Waals surface area contributed by atoms with Crippen molar-refractivity contribution in [1.82, 2.24) is 9.97 Å². The predicted octanol–water partition coefficient (Wildman–Crippen LogP) is 3.07. The Balaban J connectivity index is 2.15. The highest BCUT2D eigenvalue weighted by Crippen LogP contribution is 2.38. The van der Waals surface area contributed by atoms with Gasteiger partial charge in [0.05, 0.1) is 12.3 Å². The maximum atomic E-state index is 5.80. The van der Waals surface area contributed by atoms with Crippen LogP contribution < -0.4 is 10.1 Å². The summed E-state index contributed by atoms with van der Waals surface area (Å²) < 4.78 is 5.80. The van der Waals surface area contributed by atoms with E-state index in [9.17, 15) is 0 Å². The first-order valence-corrected chi connectivity index (χ1v) is 7.18. The van der Waals surface area contributed by atoms with Crippen molar-refractivity contribution in [3.63, 3.8) is 0 Å². The molecule has 3 rings (SSSR count). The van der Waals surface area contributed by atoms with Crippen LogP contribution >= 0.6 is 0 Å². The molecule has 0 aliphatic carbocycles. The van der Waals surface area contributed by atoms with E-state index in [4.69, 9.17) is 4.74 Å². The molecular formula is C16H19N3O. The minimum atomic E-state index is 0.763. The molecule has 0 radical (unpaired) electrons. The van der Waals surface area contributed by atoms with E-state index in [0.717, 1.165) is 54.4 Å². The van der Waals surface area contributed by atoms with Crippen molar-refractivity contribution in [2.24, 2.45) is 0 Å². The monoisotopic (exact) mass is 269 g/mol. The van der Waals surface area contributed by atoms with E-state index in [-0.39, 0.29) is 0 Å². The lowest BCUT2D eigenvalue weighted by Crippen LogP contribution is -2.06. The summed E-state index contributed by atoms with van der Waals surface area (Å²) in [7, 11) is 0. The van der Waals surface area contributed by atoms with Gasteiger partial charge in [0.2, 0.25) is 0 Å². The van der Waals surface area contributed by atoms with Crippen molar-refractivity contribution in [1.29, 1.82) is 0 Å². The van der Waals surface area contributed by atoms with Gasteiger partial charge in [-0.05, 0) is 25.0 Å². The van der Waals surface area contributed by atoms with Crippen LogP contribution in [0.1, 0.15) is 25.0 Å². The number of benzene rings is 1. The molecule has 0 amide bonds. The molecule has 1 aliphatic heterocycles. The van der Waals surface area contributed by atoms with Crippen LogP contribution in [0.25, 0.3) is 11.3 Å². The number of ether oxygens (including phenoxy) is 1. The van der Waals surface area contributed by atoms with Crippen molar-refractivity contribution in [3.8, 4) is 17.0 Å². The van der Waals surface area contributed by atoms with E-state index < -0.39 is 0 Å². The lowest BCUT2D eigenvalue weighted by atomic mass is 10.0. The first kappa shape index (κ1) is 12.9. The zero-order valence-electron chi connectivity index (χ0n) is 11.9. The van der Waals surface area contributed by atoms with E-state index >= 15 is 0 Å². The first-order valence-electron chi connectivity index (χ1n) is 7.18. The minimum Gasteiger partial charge on any atom is -0.492 e. The van der Waals surface area contributed by atoms with Crippen LogP contribution in [0.5, 0.6) is 5.75 Å². The normalized spacial score (nSPS) is 12.9. The lowest BCUT2D eigenvalue weighted by molar-refractivity contribution is 0.358. The molecule has 0 saturated carbocycles. The van der Waals surface area contributed by atoms with Crippen molar-refractivity contribution in [2.45, 2.75) is 26.7 Å². The number of hydrogen-bond acceptors (Lipinski definition) is 4. The molecule has 1 aliphatic rings. The second kappa shape index (κ2) is 5.49. The van der Waals surface area contributed by atoms with Crippen molar-refractivity contribution < 1.29 is 4.74 Å². The molecule has 2 aromatic rings. The highest BCUT2D eigenvalue weighted by atomic mass is 16.5. The van der Waals surface area contributed by atoms with Gasteiger partial charge in [-0.1, -0.05) is 19.1 Å². The highest BCUT2D eigenvalue weighted by molar-refractivity contribution is 5.75. The summed E-state index contributed by atoms with van der Waals surface area (Å²) in [6.07, 6.45) is 3.50. The van der Waals surface area contributed by atoms with Crippen LogP contribution in [0.4, 0.5) is 5.82 Å². The van der Waals surface area contributed by atoms with Gasteiger partial charge in [0.15, 0.2) is 0 Å². The van der Waals surface area contributed by atoms with Gasteiger partial charge in [-0.3, -0.25) is 0 Å². The third-order valence-corrected chi connectivity index (χ3v) is 3.61. The average Bonchev–Trinajstić information content (AvgIpc) is 2.95. The maximum Gasteiger partial charge on any atom is 0.133 e. The van der Waals surface area contributed by atoms with E-state index in [1.165, 1.54) is 5.56 Å². The Hall–Kier alpha value is -2.10. The molecule has 104 valence electrons. The largest absolute Gasteiger partial charge is 0.492 e. The third kappa shape index (κ3) is 2.11. The molecule has 0 atom stereocenters. The number of nitrogens with one attached hydrogen (secondary N) is 1. The van der Waals surface area contributed by atoms with Crippen LogP contribution in [-0.2, 0) is 12.8 Å². The van der Waals surface area contributed by atoms with Gasteiger partial charge in [0, 0.05) is 24.1 Å². The number of aromatic nitrogens is 2. The van der Waals surface area contributed by atoms with Gasteiger partial charge < -0.3 is 10.1 Å². The molecule has 0 bridgehead atoms. The fraction of sp³-hybridized carbons (Fsp3) is 0.375. The van der Waals surface area contributed by atoms with Gasteiger partial charge in [0.25, 0.3) is 0 Å². The Morgan fingerprint density at radius 3 is 2.95 bits per heavy atom. The van der Waals surface area contributed by atoms with Gasteiger partial charge in [-0.25, -0.2) is 9.97 Å². The molecule has 2 heterocycles. The first-order chi connectivity index (χ1) is 9.85. The summed E-state index contributed by atoms with van der Waals surface area (Å²) >= 11 is 0. The van der Waals surface area contributed by atoms with Gasteiger partial charge in [0.1, 0.15) is 17.9 Å². The Bertz CT molecular complexity index is 625. The summed E-state index contributed by atoms with van der Waals surface area (Å²) in [4.78, 5) is 8.86. The summed E-state index contributed by atoms with van der Waals surface area (Å²) in [6, 6.07) is 6.29. The van der Waals surface area contributed by atoms with Crippen LogP contribution in [0.3, 0.4) is 0 Å². The SMILES string of the molecule is CCNc1ncnc(-c2cccc3c2OCC3)c1CC. The minimum absolute atomic E-state index is 0.763. The number of para-hydroxylation sites is 1. The van der Waals surface area contributed by atoms with Crippen LogP contribution in [0.15, 0.2) is 24.5 Å². The Morgan fingerprint density at radius 2 is 2.15 bits per heavy atom. The Labute approximate surface area is 119 Å². The summed E-state index contributed by atoms with van der Waals surface area (Å²) in [6.45, 7) is 5.82. The standard InChI is InChI=1S/C16H19N3O/c1-3-12-14(18-10-19-16(12)17-4-2)13-7-5-6-11-8-9-20-15(11)13/h5-7,10H,3-4,8-9H2,1-2H3,(H,17,18,19). The van der Waals surface area contributed by atoms with E-state index in [1.54, 1.807) is 6.33 Å². The molecule has 20 heavy (non-hydrogen) atoms. The molecule has 1 aromatic heterocycles. The van der Waals surface area contributed by atoms with Crippen molar-refractivity contribution in [2.75, 3.05) is 18.5 Å². The van der Waals surface area contributed by atoms with Crippen molar-refractivity contribution in [3.05, 3.63) is 35.7 Å². The highest BCUT2D eigenvalue weighted by Gasteiger charge is 2.20. The molecular weight excluding hydrogens is 250 g/mol. The third-order valence-electron chi connectivity index (χ3n) is 3.61. The Kier molecular flexibility index (Phi) is 3.54. The smallest absolute Gasteiger partial charge is 0.133 e. The molecule has 4 heteroatoms. The van der Waals surface area contributed by atoms with E-state index in [1.807, 2.05) is 0 Å². The molecule has 0 saturated heterocycles. The fourth-order valence-corrected chi connectivity index (χ4v) is 2.70. The number of nitrogens with zero attached hydrogens (tertiary/aromatic N) is 2. The van der Waals surface area contributed by atoms with E-state index in [0.29, 0.717) is 0 Å². The zero-order valence-corrected chi connectivity index (χ0v) is 11.9. The number of anilines is 1. The molecule has 0 spiro atoms. The molecule has 1 N–H and O–H groups in total. The molecule has 1 aromatic carbocycles. The lowest BCUT2D eigenvalue weighted by Gasteiger charge is -2.14. The summed E-state index contributed by atoms with van der Waals surface area (Å²) in [5.74, 6) is 1.92. The van der Waals surface area contributed by atoms with Crippen LogP contribution in [0, 0.1) is 0 Å². The quantitative estimate of drug-likeness (QED) is 0.926. The van der Waals surface area contributed by atoms with Gasteiger partial charge in [-0.2, -0.15) is 0 Å². The molecule has 4 nitrogen and oxygen atoms in total. The number of rotatable bonds is 4. The topological polar surface area (TPSA) is 47.0 Å². The zero-order chi connectivity index (χ0) is 13.9. The second-order valence-electron chi connectivity index (χ2n) is 4.83. The molecule has 0 fully saturated rings. The van der Waals surface area contributed by atoms with Gasteiger partial charge in [-0.15, -0.1) is 0 Å². The molecule has 0 unspecified atom stereocenters. The average molecular weight is 269 g/mol. The Morgan fingerprint density at radius 1 is 1.25 bits per heavy atom. The predicted molar refractivity (Wildman–Crippen MR) is 80.2 cm³/mol. The summed E-state index contributed by atoms with van der Waals surface area (Å²) in [5.41, 5.74) is 4.49. The van der Waals surface area contributed by atoms with Crippen LogP contribution in [-0.4, -0.2) is 23.1 Å². The number of hydrogen-bond donors (Lipinski definition) is 1. The summed E-state index contributed by atoms with van der Waals surface area (Å²) in [5, 5.41) is 3.31. The second-order valence-corrected chi connectivity index (χ2v) is 4.83. The van der Waals surface area contributed by atoms with Gasteiger partial charge >= 0.3 is 0 Å².